The van der Waals surface area contributed by atoms with Gasteiger partial charge in [-0.3, -0.25) is 0 Å². The molecule has 2 rings (SSSR count). The van der Waals surface area contributed by atoms with Gasteiger partial charge in [0.15, 0.2) is 0 Å². The molecule has 0 unspecified atom stereocenters. The summed E-state index contributed by atoms with van der Waals surface area (Å²) in [6, 6.07) is 7.57. The van der Waals surface area contributed by atoms with Crippen LogP contribution in [0.2, 0.25) is 0 Å². The first kappa shape index (κ1) is 9.83. The van der Waals surface area contributed by atoms with Gasteiger partial charge in [-0.05, 0) is 30.5 Å². The molecule has 1 aromatic rings. The zero-order valence-corrected chi connectivity index (χ0v) is 8.39. The average molecular weight is 206 g/mol. The predicted octanol–water partition coefficient (Wildman–Crippen LogP) is 1.91. The Labute approximate surface area is 88.3 Å². The van der Waals surface area contributed by atoms with Crippen LogP contribution in [-0.4, -0.2) is 22.1 Å². The number of carbonyl (C=O) groups is 1. The minimum atomic E-state index is -0.847. The summed E-state index contributed by atoms with van der Waals surface area (Å²) in [5.74, 6) is 0. The second-order valence-corrected chi connectivity index (χ2v) is 3.89. The van der Waals surface area contributed by atoms with Crippen LogP contribution in [-0.2, 0) is 6.54 Å². The number of anilines is 1. The van der Waals surface area contributed by atoms with E-state index in [0.29, 0.717) is 12.2 Å². The van der Waals surface area contributed by atoms with Crippen LogP contribution in [0.3, 0.4) is 0 Å². The molecule has 0 spiro atoms. The van der Waals surface area contributed by atoms with E-state index >= 15 is 0 Å². The van der Waals surface area contributed by atoms with E-state index in [1.807, 2.05) is 18.2 Å². The fourth-order valence-electron chi connectivity index (χ4n) is 1.63. The van der Waals surface area contributed by atoms with E-state index in [-0.39, 0.29) is 6.04 Å². The van der Waals surface area contributed by atoms with Gasteiger partial charge in [0.05, 0.1) is 0 Å². The van der Waals surface area contributed by atoms with Crippen LogP contribution < -0.4 is 5.73 Å². The lowest BCUT2D eigenvalue weighted by Crippen LogP contribution is -2.30. The number of amides is 1. The molecule has 1 aliphatic rings. The Balaban J connectivity index is 2.08. The number of hydrogen-bond acceptors (Lipinski definition) is 2. The Morgan fingerprint density at radius 3 is 2.80 bits per heavy atom. The van der Waals surface area contributed by atoms with E-state index in [4.69, 9.17) is 10.8 Å². The molecule has 80 valence electrons. The third-order valence-electron chi connectivity index (χ3n) is 2.54. The van der Waals surface area contributed by atoms with Crippen LogP contribution in [0.4, 0.5) is 10.5 Å². The lowest BCUT2D eigenvalue weighted by molar-refractivity contribution is 0.139. The first-order valence-corrected chi connectivity index (χ1v) is 5.01. The third kappa shape index (κ3) is 2.40. The minimum absolute atomic E-state index is 0.212. The molecule has 15 heavy (non-hydrogen) atoms. The average Bonchev–Trinajstić information content (AvgIpc) is 2.97. The van der Waals surface area contributed by atoms with E-state index in [2.05, 4.69) is 0 Å². The number of nitrogens with two attached hydrogens (primary N) is 1. The van der Waals surface area contributed by atoms with E-state index in [0.717, 1.165) is 18.4 Å². The largest absolute Gasteiger partial charge is 0.465 e. The summed E-state index contributed by atoms with van der Waals surface area (Å²) in [4.78, 5) is 12.4. The molecule has 3 N–H and O–H groups in total. The quantitative estimate of drug-likeness (QED) is 0.742. The summed E-state index contributed by atoms with van der Waals surface area (Å²) in [7, 11) is 0. The number of rotatable bonds is 3. The normalized spacial score (nSPS) is 14.9. The highest BCUT2D eigenvalue weighted by Crippen LogP contribution is 2.28. The van der Waals surface area contributed by atoms with Crippen molar-refractivity contribution in [2.45, 2.75) is 25.4 Å². The molecule has 0 radical (unpaired) electrons. The zero-order valence-electron chi connectivity index (χ0n) is 8.39. The van der Waals surface area contributed by atoms with Crippen LogP contribution in [0.5, 0.6) is 0 Å². The lowest BCUT2D eigenvalue weighted by atomic mass is 10.2. The molecule has 0 aliphatic heterocycles. The lowest BCUT2D eigenvalue weighted by Gasteiger charge is -2.18. The predicted molar refractivity (Wildman–Crippen MR) is 57.4 cm³/mol. The van der Waals surface area contributed by atoms with Gasteiger partial charge in [0.1, 0.15) is 0 Å². The Hall–Kier alpha value is -1.71. The van der Waals surface area contributed by atoms with Crippen LogP contribution >= 0.6 is 0 Å². The minimum Gasteiger partial charge on any atom is -0.465 e. The zero-order chi connectivity index (χ0) is 10.8. The van der Waals surface area contributed by atoms with Crippen molar-refractivity contribution < 1.29 is 9.90 Å². The second kappa shape index (κ2) is 3.81. The molecule has 1 amide bonds. The van der Waals surface area contributed by atoms with Crippen molar-refractivity contribution >= 4 is 11.8 Å². The van der Waals surface area contributed by atoms with Gasteiger partial charge < -0.3 is 15.7 Å². The molecular weight excluding hydrogens is 192 g/mol. The molecule has 4 nitrogen and oxygen atoms in total. The third-order valence-corrected chi connectivity index (χ3v) is 2.54. The van der Waals surface area contributed by atoms with Crippen molar-refractivity contribution in [3.8, 4) is 0 Å². The Morgan fingerprint density at radius 2 is 2.27 bits per heavy atom. The van der Waals surface area contributed by atoms with E-state index in [1.165, 1.54) is 4.90 Å². The maximum Gasteiger partial charge on any atom is 0.407 e. The van der Waals surface area contributed by atoms with E-state index in [1.54, 1.807) is 6.07 Å². The number of nitrogens with zero attached hydrogens (tertiary/aromatic N) is 1. The van der Waals surface area contributed by atoms with Crippen molar-refractivity contribution in [1.82, 2.24) is 4.90 Å². The topological polar surface area (TPSA) is 66.6 Å². The number of carboxylic acid groups (broad SMARTS) is 1. The molecule has 0 saturated heterocycles. The molecule has 1 aromatic carbocycles. The SMILES string of the molecule is Nc1cccc(CN(C(=O)O)C2CC2)c1. The van der Waals surface area contributed by atoms with Crippen LogP contribution in [0.1, 0.15) is 18.4 Å². The van der Waals surface area contributed by atoms with Gasteiger partial charge >= 0.3 is 6.09 Å². The Bertz CT molecular complexity index is 375. The smallest absolute Gasteiger partial charge is 0.407 e. The van der Waals surface area contributed by atoms with Gasteiger partial charge in [-0.25, -0.2) is 4.79 Å². The first-order chi connectivity index (χ1) is 7.16. The van der Waals surface area contributed by atoms with Gasteiger partial charge in [-0.2, -0.15) is 0 Å². The molecular formula is C11H14N2O2. The summed E-state index contributed by atoms with van der Waals surface area (Å²) in [5, 5.41) is 9.01. The van der Waals surface area contributed by atoms with Crippen molar-refractivity contribution in [3.05, 3.63) is 29.8 Å². The highest BCUT2D eigenvalue weighted by molar-refractivity contribution is 5.66. The van der Waals surface area contributed by atoms with Crippen molar-refractivity contribution in [1.29, 1.82) is 0 Å². The molecule has 1 saturated carbocycles. The highest BCUT2D eigenvalue weighted by Gasteiger charge is 2.32. The molecule has 1 fully saturated rings. The van der Waals surface area contributed by atoms with Crippen LogP contribution in [0.25, 0.3) is 0 Å². The fraction of sp³-hybridized carbons (Fsp3) is 0.364. The first-order valence-electron chi connectivity index (χ1n) is 5.01. The molecule has 0 bridgehead atoms. The van der Waals surface area contributed by atoms with Crippen LogP contribution in [0, 0.1) is 0 Å². The van der Waals surface area contributed by atoms with Crippen molar-refractivity contribution in [2.75, 3.05) is 5.73 Å². The van der Waals surface area contributed by atoms with Gasteiger partial charge in [-0.15, -0.1) is 0 Å². The summed E-state index contributed by atoms with van der Waals surface area (Å²) >= 11 is 0. The second-order valence-electron chi connectivity index (χ2n) is 3.89. The molecule has 0 heterocycles. The number of hydrogen-bond donors (Lipinski definition) is 2. The van der Waals surface area contributed by atoms with Gasteiger partial charge in [-0.1, -0.05) is 12.1 Å². The molecule has 1 aliphatic carbocycles. The summed E-state index contributed by atoms with van der Waals surface area (Å²) in [6.45, 7) is 0.436. The fourth-order valence-corrected chi connectivity index (χ4v) is 1.63. The monoisotopic (exact) mass is 206 g/mol. The summed E-state index contributed by atoms with van der Waals surface area (Å²) in [6.07, 6.45) is 1.11. The summed E-state index contributed by atoms with van der Waals surface area (Å²) < 4.78 is 0. The molecule has 4 heteroatoms. The van der Waals surface area contributed by atoms with Gasteiger partial charge in [0, 0.05) is 18.3 Å². The Morgan fingerprint density at radius 1 is 1.53 bits per heavy atom. The van der Waals surface area contributed by atoms with Gasteiger partial charge in [0.2, 0.25) is 0 Å². The molecule has 0 aromatic heterocycles. The van der Waals surface area contributed by atoms with E-state index in [9.17, 15) is 4.79 Å². The Kier molecular flexibility index (Phi) is 2.49. The maximum absolute atomic E-state index is 11.0. The highest BCUT2D eigenvalue weighted by atomic mass is 16.4. The number of nitrogen functional groups attached to an aromatic ring is 1. The van der Waals surface area contributed by atoms with Crippen molar-refractivity contribution in [3.63, 3.8) is 0 Å². The summed E-state index contributed by atoms with van der Waals surface area (Å²) in [5.41, 5.74) is 7.26. The van der Waals surface area contributed by atoms with Crippen molar-refractivity contribution in [2.24, 2.45) is 0 Å². The maximum atomic E-state index is 11.0. The number of benzene rings is 1. The molecule has 0 atom stereocenters. The van der Waals surface area contributed by atoms with Crippen LogP contribution in [0.15, 0.2) is 24.3 Å². The van der Waals surface area contributed by atoms with E-state index < -0.39 is 6.09 Å². The standard InChI is InChI=1S/C11H14N2O2/c12-9-3-1-2-8(6-9)7-13(11(14)15)10-4-5-10/h1-3,6,10H,4-5,7,12H2,(H,14,15). The van der Waals surface area contributed by atoms with Gasteiger partial charge in [0.25, 0.3) is 0 Å².